The second-order valence-corrected chi connectivity index (χ2v) is 5.32. The minimum Gasteiger partial charge on any atom is -0.466 e. The second-order valence-electron chi connectivity index (χ2n) is 4.47. The maximum absolute atomic E-state index is 5.90. The van der Waals surface area contributed by atoms with Gasteiger partial charge in [0.1, 0.15) is 5.76 Å². The van der Waals surface area contributed by atoms with Gasteiger partial charge in [0.2, 0.25) is 0 Å². The minimum absolute atomic E-state index is 0.208. The summed E-state index contributed by atoms with van der Waals surface area (Å²) in [5.74, 6) is 0.969. The molecule has 0 aromatic carbocycles. The Morgan fingerprint density at radius 2 is 2.44 bits per heavy atom. The lowest BCUT2D eigenvalue weighted by molar-refractivity contribution is 0.0955. The smallest absolute Gasteiger partial charge is 0.136 e. The number of hydrogen-bond acceptors (Lipinski definition) is 3. The van der Waals surface area contributed by atoms with Gasteiger partial charge in [0.25, 0.3) is 0 Å². The summed E-state index contributed by atoms with van der Waals surface area (Å²) < 4.78 is 6.58. The number of hydrogen-bond donors (Lipinski definition) is 1. The summed E-state index contributed by atoms with van der Waals surface area (Å²) >= 11 is 3.52. The van der Waals surface area contributed by atoms with E-state index in [4.69, 9.17) is 10.2 Å². The fraction of sp³-hybridized carbons (Fsp3) is 0.667. The van der Waals surface area contributed by atoms with E-state index < -0.39 is 0 Å². The van der Waals surface area contributed by atoms with E-state index in [0.29, 0.717) is 12.6 Å². The molecule has 1 saturated heterocycles. The number of nitrogens with zero attached hydrogens (tertiary/aromatic N) is 1. The van der Waals surface area contributed by atoms with Crippen molar-refractivity contribution in [3.63, 3.8) is 0 Å². The van der Waals surface area contributed by atoms with Crippen molar-refractivity contribution >= 4 is 15.9 Å². The zero-order valence-corrected chi connectivity index (χ0v) is 11.2. The molecule has 0 aliphatic carbocycles. The van der Waals surface area contributed by atoms with Crippen molar-refractivity contribution in [3.8, 4) is 0 Å². The van der Waals surface area contributed by atoms with E-state index in [0.717, 1.165) is 16.8 Å². The van der Waals surface area contributed by atoms with Crippen LogP contribution in [0, 0.1) is 0 Å². The topological polar surface area (TPSA) is 42.4 Å². The van der Waals surface area contributed by atoms with Gasteiger partial charge in [-0.25, -0.2) is 0 Å². The predicted octanol–water partition coefficient (Wildman–Crippen LogP) is 2.92. The molecule has 2 rings (SSSR count). The molecule has 2 atom stereocenters. The third-order valence-electron chi connectivity index (χ3n) is 3.43. The van der Waals surface area contributed by atoms with Gasteiger partial charge < -0.3 is 10.2 Å². The first-order valence-corrected chi connectivity index (χ1v) is 6.72. The number of halogens is 1. The molecule has 0 spiro atoms. The number of furan rings is 1. The van der Waals surface area contributed by atoms with E-state index in [-0.39, 0.29) is 6.04 Å². The molecule has 2 unspecified atom stereocenters. The average Bonchev–Trinajstić information content (AvgIpc) is 2.69. The Labute approximate surface area is 105 Å². The fourth-order valence-corrected chi connectivity index (χ4v) is 2.99. The molecule has 0 amide bonds. The first kappa shape index (κ1) is 12.1. The summed E-state index contributed by atoms with van der Waals surface area (Å²) in [5, 5.41) is 0. The standard InChI is InChI=1S/C12H19BrN2O/c1-9-4-2-3-6-15(9)11(8-14)12-10(13)5-7-16-12/h5,7,9,11H,2-4,6,8,14H2,1H3. The van der Waals surface area contributed by atoms with Crippen LogP contribution in [-0.2, 0) is 0 Å². The van der Waals surface area contributed by atoms with E-state index in [9.17, 15) is 0 Å². The lowest BCUT2D eigenvalue weighted by Crippen LogP contribution is -2.43. The highest BCUT2D eigenvalue weighted by Crippen LogP contribution is 2.32. The summed E-state index contributed by atoms with van der Waals surface area (Å²) in [7, 11) is 0. The van der Waals surface area contributed by atoms with Gasteiger partial charge in [-0.15, -0.1) is 0 Å². The molecule has 1 aromatic rings. The summed E-state index contributed by atoms with van der Waals surface area (Å²) in [6.45, 7) is 4.01. The highest BCUT2D eigenvalue weighted by Gasteiger charge is 2.29. The van der Waals surface area contributed by atoms with Crippen LogP contribution >= 0.6 is 15.9 Å². The van der Waals surface area contributed by atoms with Crippen LogP contribution in [0.25, 0.3) is 0 Å². The maximum Gasteiger partial charge on any atom is 0.136 e. The van der Waals surface area contributed by atoms with Gasteiger partial charge in [-0.2, -0.15) is 0 Å². The van der Waals surface area contributed by atoms with Crippen molar-refractivity contribution in [2.45, 2.75) is 38.3 Å². The third kappa shape index (κ3) is 2.34. The maximum atomic E-state index is 5.90. The summed E-state index contributed by atoms with van der Waals surface area (Å²) in [6, 6.07) is 2.74. The fourth-order valence-electron chi connectivity index (χ4n) is 2.52. The predicted molar refractivity (Wildman–Crippen MR) is 68.2 cm³/mol. The minimum atomic E-state index is 0.208. The van der Waals surface area contributed by atoms with E-state index >= 15 is 0 Å². The molecule has 0 saturated carbocycles. The van der Waals surface area contributed by atoms with E-state index in [1.165, 1.54) is 19.3 Å². The van der Waals surface area contributed by atoms with Crippen molar-refractivity contribution in [2.75, 3.05) is 13.1 Å². The molecule has 4 heteroatoms. The van der Waals surface area contributed by atoms with Crippen LogP contribution in [0.3, 0.4) is 0 Å². The summed E-state index contributed by atoms with van der Waals surface area (Å²) in [4.78, 5) is 2.47. The molecule has 90 valence electrons. The van der Waals surface area contributed by atoms with Gasteiger partial charge in [-0.3, -0.25) is 4.90 Å². The van der Waals surface area contributed by atoms with Crippen LogP contribution in [0.4, 0.5) is 0 Å². The van der Waals surface area contributed by atoms with Gasteiger partial charge in [-0.05, 0) is 48.3 Å². The monoisotopic (exact) mass is 286 g/mol. The first-order valence-electron chi connectivity index (χ1n) is 5.92. The SMILES string of the molecule is CC1CCCCN1C(CN)c1occc1Br. The lowest BCUT2D eigenvalue weighted by Gasteiger charge is -2.38. The molecule has 16 heavy (non-hydrogen) atoms. The van der Waals surface area contributed by atoms with Crippen molar-refractivity contribution in [3.05, 3.63) is 22.6 Å². The van der Waals surface area contributed by atoms with Crippen LogP contribution < -0.4 is 5.73 Å². The largest absolute Gasteiger partial charge is 0.466 e. The summed E-state index contributed by atoms with van der Waals surface area (Å²) in [6.07, 6.45) is 5.57. The van der Waals surface area contributed by atoms with Crippen molar-refractivity contribution in [1.82, 2.24) is 4.90 Å². The molecule has 1 fully saturated rings. The first-order chi connectivity index (χ1) is 7.74. The van der Waals surface area contributed by atoms with Gasteiger partial charge in [0.05, 0.1) is 16.8 Å². The lowest BCUT2D eigenvalue weighted by atomic mass is 10.00. The third-order valence-corrected chi connectivity index (χ3v) is 4.08. The summed E-state index contributed by atoms with van der Waals surface area (Å²) in [5.41, 5.74) is 5.90. The Bertz CT molecular complexity index is 340. The van der Waals surface area contributed by atoms with Gasteiger partial charge in [0.15, 0.2) is 0 Å². The number of nitrogens with two attached hydrogens (primary N) is 1. The van der Waals surface area contributed by atoms with Gasteiger partial charge >= 0.3 is 0 Å². The van der Waals surface area contributed by atoms with Gasteiger partial charge in [-0.1, -0.05) is 6.42 Å². The van der Waals surface area contributed by atoms with Crippen molar-refractivity contribution < 1.29 is 4.42 Å². The number of likely N-dealkylation sites (tertiary alicyclic amines) is 1. The molecule has 3 nitrogen and oxygen atoms in total. The number of piperidine rings is 1. The Morgan fingerprint density at radius 3 is 3.00 bits per heavy atom. The molecule has 1 aliphatic rings. The Balaban J connectivity index is 2.18. The zero-order chi connectivity index (χ0) is 11.5. The van der Waals surface area contributed by atoms with Crippen LogP contribution in [0.1, 0.15) is 38.0 Å². The quantitative estimate of drug-likeness (QED) is 0.929. The zero-order valence-electron chi connectivity index (χ0n) is 9.66. The average molecular weight is 287 g/mol. The molecule has 0 radical (unpaired) electrons. The van der Waals surface area contributed by atoms with Gasteiger partial charge in [0, 0.05) is 12.6 Å². The molecule has 0 bridgehead atoms. The number of rotatable bonds is 3. The van der Waals surface area contributed by atoms with Crippen molar-refractivity contribution in [1.29, 1.82) is 0 Å². The van der Waals surface area contributed by atoms with Crippen LogP contribution in [0.15, 0.2) is 21.2 Å². The molecular formula is C12H19BrN2O. The van der Waals surface area contributed by atoms with Crippen LogP contribution in [-0.4, -0.2) is 24.0 Å². The molecule has 1 aromatic heterocycles. The van der Waals surface area contributed by atoms with E-state index in [1.54, 1.807) is 6.26 Å². The Morgan fingerprint density at radius 1 is 1.62 bits per heavy atom. The highest BCUT2D eigenvalue weighted by molar-refractivity contribution is 9.10. The Hall–Kier alpha value is -0.320. The molecule has 1 aliphatic heterocycles. The van der Waals surface area contributed by atoms with Crippen LogP contribution in [0.2, 0.25) is 0 Å². The molecular weight excluding hydrogens is 268 g/mol. The van der Waals surface area contributed by atoms with Crippen molar-refractivity contribution in [2.24, 2.45) is 5.73 Å². The van der Waals surface area contributed by atoms with Crippen LogP contribution in [0.5, 0.6) is 0 Å². The normalized spacial score (nSPS) is 24.6. The van der Waals surface area contributed by atoms with E-state index in [1.807, 2.05) is 6.07 Å². The molecule has 2 heterocycles. The highest BCUT2D eigenvalue weighted by atomic mass is 79.9. The molecule has 2 N–H and O–H groups in total. The Kier molecular flexibility index (Phi) is 4.05. The van der Waals surface area contributed by atoms with E-state index in [2.05, 4.69) is 27.8 Å². The second kappa shape index (κ2) is 5.34.